The van der Waals surface area contributed by atoms with Crippen molar-refractivity contribution in [3.05, 3.63) is 34.7 Å². The Balaban J connectivity index is 2.25. The summed E-state index contributed by atoms with van der Waals surface area (Å²) in [6.45, 7) is 2.46. The summed E-state index contributed by atoms with van der Waals surface area (Å²) in [5.74, 6) is 0.922. The maximum absolute atomic E-state index is 9.08. The molecule has 0 aliphatic rings. The number of halogens is 1. The molecule has 0 aliphatic heterocycles. The molecule has 2 rings (SSSR count). The molecule has 20 heavy (non-hydrogen) atoms. The third-order valence-electron chi connectivity index (χ3n) is 2.32. The Morgan fingerprint density at radius 2 is 2.45 bits per heavy atom. The first-order chi connectivity index (χ1) is 9.74. The monoisotopic (exact) mass is 334 g/mol. The van der Waals surface area contributed by atoms with Crippen molar-refractivity contribution in [2.24, 2.45) is 0 Å². The number of allylic oxidation sites excluding steroid dienone is 1. The zero-order valence-corrected chi connectivity index (χ0v) is 12.2. The minimum absolute atomic E-state index is 0.230. The van der Waals surface area contributed by atoms with Crippen molar-refractivity contribution < 1.29 is 4.74 Å². The molecule has 2 aromatic rings. The third kappa shape index (κ3) is 3.33. The first-order valence-electron chi connectivity index (χ1n) is 5.77. The van der Waals surface area contributed by atoms with E-state index in [4.69, 9.17) is 10.00 Å². The first-order valence-corrected chi connectivity index (χ1v) is 6.57. The number of tetrazole rings is 1. The Morgan fingerprint density at radius 3 is 3.10 bits per heavy atom. The summed E-state index contributed by atoms with van der Waals surface area (Å²) in [6.07, 6.45) is 1.51. The molecule has 0 radical (unpaired) electrons. The Kier molecular flexibility index (Phi) is 4.68. The minimum Gasteiger partial charge on any atom is -0.492 e. The number of nitriles is 1. The maximum atomic E-state index is 9.08. The number of rotatable bonds is 5. The van der Waals surface area contributed by atoms with Crippen LogP contribution in [0.3, 0.4) is 0 Å². The van der Waals surface area contributed by atoms with E-state index in [0.717, 1.165) is 10.2 Å². The highest BCUT2D eigenvalue weighted by molar-refractivity contribution is 9.10. The molecule has 1 aromatic carbocycles. The van der Waals surface area contributed by atoms with E-state index in [1.165, 1.54) is 6.20 Å². The molecule has 0 amide bonds. The van der Waals surface area contributed by atoms with E-state index in [9.17, 15) is 0 Å². The number of nitrogens with zero attached hydrogens (tertiary/aromatic N) is 4. The summed E-state index contributed by atoms with van der Waals surface area (Å²) in [6, 6.07) is 7.57. The summed E-state index contributed by atoms with van der Waals surface area (Å²) in [5, 5.41) is 25.3. The number of H-pyrrole nitrogens is 1. The van der Waals surface area contributed by atoms with Gasteiger partial charge in [-0.05, 0) is 30.3 Å². The smallest absolute Gasteiger partial charge is 0.216 e. The lowest BCUT2D eigenvalue weighted by Gasteiger charge is -2.10. The second-order valence-corrected chi connectivity index (χ2v) is 4.54. The van der Waals surface area contributed by atoms with Crippen LogP contribution in [0.25, 0.3) is 5.57 Å². The van der Waals surface area contributed by atoms with Crippen LogP contribution >= 0.6 is 15.9 Å². The average molecular weight is 335 g/mol. The molecule has 0 aliphatic carbocycles. The summed E-state index contributed by atoms with van der Waals surface area (Å²) in [7, 11) is 0. The number of anilines is 1. The molecule has 0 atom stereocenters. The van der Waals surface area contributed by atoms with E-state index >= 15 is 0 Å². The SMILES string of the molecule is CCOc1ccc(Br)cc1NC=C(C#N)c1nn[nH]n1. The van der Waals surface area contributed by atoms with Crippen molar-refractivity contribution in [1.82, 2.24) is 20.6 Å². The Hall–Kier alpha value is -2.40. The van der Waals surface area contributed by atoms with E-state index in [1.807, 2.05) is 31.2 Å². The van der Waals surface area contributed by atoms with Crippen LogP contribution in [-0.4, -0.2) is 27.2 Å². The fourth-order valence-electron chi connectivity index (χ4n) is 1.47. The van der Waals surface area contributed by atoms with Crippen LogP contribution in [0.5, 0.6) is 5.75 Å². The summed E-state index contributed by atoms with van der Waals surface area (Å²) < 4.78 is 6.40. The quantitative estimate of drug-likeness (QED) is 0.814. The summed E-state index contributed by atoms with van der Waals surface area (Å²) >= 11 is 3.39. The highest BCUT2D eigenvalue weighted by Gasteiger charge is 2.07. The standard InChI is InChI=1S/C12H11BrN6O/c1-2-20-11-4-3-9(13)5-10(11)15-7-8(6-14)12-16-18-19-17-12/h3-5,7,15H,2H2,1H3,(H,16,17,18,19). The average Bonchev–Trinajstić information content (AvgIpc) is 2.96. The van der Waals surface area contributed by atoms with Crippen LogP contribution in [0.4, 0.5) is 5.69 Å². The molecule has 0 saturated carbocycles. The van der Waals surface area contributed by atoms with Crippen LogP contribution in [-0.2, 0) is 0 Å². The molecule has 0 unspecified atom stereocenters. The Morgan fingerprint density at radius 1 is 1.60 bits per heavy atom. The highest BCUT2D eigenvalue weighted by atomic mass is 79.9. The predicted octanol–water partition coefficient (Wildman–Crippen LogP) is 2.34. The number of hydrogen-bond acceptors (Lipinski definition) is 6. The lowest BCUT2D eigenvalue weighted by molar-refractivity contribution is 0.342. The molecule has 0 fully saturated rings. The van der Waals surface area contributed by atoms with Gasteiger partial charge < -0.3 is 10.1 Å². The van der Waals surface area contributed by atoms with Crippen molar-refractivity contribution in [3.63, 3.8) is 0 Å². The van der Waals surface area contributed by atoms with E-state index < -0.39 is 0 Å². The van der Waals surface area contributed by atoms with Crippen LogP contribution in [0.15, 0.2) is 28.9 Å². The molecule has 1 aromatic heterocycles. The van der Waals surface area contributed by atoms with Gasteiger partial charge >= 0.3 is 0 Å². The summed E-state index contributed by atoms with van der Waals surface area (Å²) in [4.78, 5) is 0. The Labute approximate surface area is 123 Å². The lowest BCUT2D eigenvalue weighted by Crippen LogP contribution is -1.98. The van der Waals surface area contributed by atoms with Crippen LogP contribution < -0.4 is 10.1 Å². The van der Waals surface area contributed by atoms with Crippen molar-refractivity contribution in [2.75, 3.05) is 11.9 Å². The van der Waals surface area contributed by atoms with Gasteiger partial charge in [0, 0.05) is 10.7 Å². The predicted molar refractivity (Wildman–Crippen MR) is 76.7 cm³/mol. The van der Waals surface area contributed by atoms with Gasteiger partial charge in [0.25, 0.3) is 0 Å². The van der Waals surface area contributed by atoms with Gasteiger partial charge in [0.1, 0.15) is 17.4 Å². The van der Waals surface area contributed by atoms with E-state index in [2.05, 4.69) is 41.9 Å². The number of aromatic nitrogens is 4. The van der Waals surface area contributed by atoms with Gasteiger partial charge in [-0.3, -0.25) is 0 Å². The van der Waals surface area contributed by atoms with E-state index in [0.29, 0.717) is 12.4 Å². The molecule has 0 spiro atoms. The maximum Gasteiger partial charge on any atom is 0.216 e. The molecule has 8 heteroatoms. The van der Waals surface area contributed by atoms with Crippen LogP contribution in [0.1, 0.15) is 12.7 Å². The molecule has 0 saturated heterocycles. The van der Waals surface area contributed by atoms with Gasteiger partial charge in [0.05, 0.1) is 12.3 Å². The lowest BCUT2D eigenvalue weighted by atomic mass is 10.2. The van der Waals surface area contributed by atoms with Gasteiger partial charge in [0.15, 0.2) is 0 Å². The molecule has 1 heterocycles. The number of ether oxygens (including phenoxy) is 1. The fourth-order valence-corrected chi connectivity index (χ4v) is 1.83. The molecule has 7 nitrogen and oxygen atoms in total. The van der Waals surface area contributed by atoms with Gasteiger partial charge in [-0.1, -0.05) is 15.9 Å². The van der Waals surface area contributed by atoms with Gasteiger partial charge in [-0.2, -0.15) is 10.5 Å². The van der Waals surface area contributed by atoms with Crippen LogP contribution in [0, 0.1) is 11.3 Å². The largest absolute Gasteiger partial charge is 0.492 e. The van der Waals surface area contributed by atoms with E-state index in [-0.39, 0.29) is 11.4 Å². The van der Waals surface area contributed by atoms with Crippen molar-refractivity contribution >= 4 is 27.2 Å². The number of aromatic amines is 1. The normalized spacial score (nSPS) is 10.9. The van der Waals surface area contributed by atoms with E-state index in [1.54, 1.807) is 0 Å². The minimum atomic E-state index is 0.230. The van der Waals surface area contributed by atoms with Crippen molar-refractivity contribution in [1.29, 1.82) is 5.26 Å². The number of hydrogen-bond donors (Lipinski definition) is 2. The third-order valence-corrected chi connectivity index (χ3v) is 2.81. The van der Waals surface area contributed by atoms with Crippen LogP contribution in [0.2, 0.25) is 0 Å². The Bertz CT molecular complexity index is 646. The zero-order valence-electron chi connectivity index (χ0n) is 10.6. The topological polar surface area (TPSA) is 99.5 Å². The van der Waals surface area contributed by atoms with Gasteiger partial charge in [-0.15, -0.1) is 10.2 Å². The number of nitrogens with one attached hydrogen (secondary N) is 2. The van der Waals surface area contributed by atoms with Gasteiger partial charge in [0.2, 0.25) is 5.82 Å². The summed E-state index contributed by atoms with van der Waals surface area (Å²) in [5.41, 5.74) is 0.999. The van der Waals surface area contributed by atoms with Crippen molar-refractivity contribution in [2.45, 2.75) is 6.92 Å². The second kappa shape index (κ2) is 6.68. The molecule has 0 bridgehead atoms. The highest BCUT2D eigenvalue weighted by Crippen LogP contribution is 2.28. The molecular weight excluding hydrogens is 324 g/mol. The first kappa shape index (κ1) is 14.0. The molecule has 2 N–H and O–H groups in total. The van der Waals surface area contributed by atoms with Crippen molar-refractivity contribution in [3.8, 4) is 11.8 Å². The second-order valence-electron chi connectivity index (χ2n) is 3.62. The molecular formula is C12H11BrN6O. The van der Waals surface area contributed by atoms with Gasteiger partial charge in [-0.25, -0.2) is 0 Å². The molecule has 102 valence electrons. The fraction of sp³-hybridized carbons (Fsp3) is 0.167. The number of benzene rings is 1. The zero-order chi connectivity index (χ0) is 14.4.